The molecule has 0 radical (unpaired) electrons. The molecule has 0 aliphatic rings. The van der Waals surface area contributed by atoms with E-state index in [0.29, 0.717) is 17.7 Å². The van der Waals surface area contributed by atoms with E-state index in [1.54, 1.807) is 12.1 Å². The molecule has 1 atom stereocenters. The molecule has 0 spiro atoms. The summed E-state index contributed by atoms with van der Waals surface area (Å²) < 4.78 is 19.3. The quantitative estimate of drug-likeness (QED) is 0.814. The zero-order valence-electron chi connectivity index (χ0n) is 11.0. The molecule has 2 nitrogen and oxygen atoms in total. The third-order valence-electron chi connectivity index (χ3n) is 2.61. The zero-order chi connectivity index (χ0) is 13.4. The van der Waals surface area contributed by atoms with E-state index in [4.69, 9.17) is 10.5 Å². The van der Waals surface area contributed by atoms with Gasteiger partial charge in [-0.05, 0) is 25.5 Å². The molecule has 1 rings (SSSR count). The first-order valence-corrected chi connectivity index (χ1v) is 6.26. The van der Waals surface area contributed by atoms with Gasteiger partial charge in [0.25, 0.3) is 0 Å². The van der Waals surface area contributed by atoms with E-state index in [9.17, 15) is 4.39 Å². The van der Waals surface area contributed by atoms with Gasteiger partial charge in [0.15, 0.2) is 0 Å². The molecule has 18 heavy (non-hydrogen) atoms. The molecule has 0 fully saturated rings. The Morgan fingerprint density at radius 1 is 1.44 bits per heavy atom. The van der Waals surface area contributed by atoms with Gasteiger partial charge in [-0.25, -0.2) is 4.39 Å². The summed E-state index contributed by atoms with van der Waals surface area (Å²) in [6.45, 7) is 4.69. The number of nitrogens with two attached hydrogens (primary N) is 1. The van der Waals surface area contributed by atoms with E-state index in [1.807, 2.05) is 6.92 Å². The molecule has 0 saturated carbocycles. The maximum Gasteiger partial charge on any atom is 0.129 e. The van der Waals surface area contributed by atoms with Gasteiger partial charge in [-0.3, -0.25) is 0 Å². The number of halogens is 1. The summed E-state index contributed by atoms with van der Waals surface area (Å²) in [5.74, 6) is 5.22. The number of hydrogen-bond acceptors (Lipinski definition) is 2. The van der Waals surface area contributed by atoms with Crippen molar-refractivity contribution in [2.24, 2.45) is 5.73 Å². The van der Waals surface area contributed by atoms with Gasteiger partial charge in [-0.1, -0.05) is 31.3 Å². The number of benzene rings is 1. The minimum atomic E-state index is -0.275. The molecule has 3 heteroatoms. The van der Waals surface area contributed by atoms with Crippen molar-refractivity contribution in [2.45, 2.75) is 39.4 Å². The third-order valence-corrected chi connectivity index (χ3v) is 2.61. The molecule has 0 amide bonds. The topological polar surface area (TPSA) is 35.2 Å². The Hall–Kier alpha value is -1.37. The highest BCUT2D eigenvalue weighted by Crippen LogP contribution is 2.13. The van der Waals surface area contributed by atoms with E-state index >= 15 is 0 Å². The van der Waals surface area contributed by atoms with Gasteiger partial charge < -0.3 is 10.5 Å². The van der Waals surface area contributed by atoms with Crippen molar-refractivity contribution in [3.8, 4) is 11.8 Å². The second kappa shape index (κ2) is 7.86. The fraction of sp³-hybridized carbons (Fsp3) is 0.467. The highest BCUT2D eigenvalue weighted by Gasteiger charge is 2.06. The third kappa shape index (κ3) is 4.87. The van der Waals surface area contributed by atoms with Crippen LogP contribution in [0.2, 0.25) is 0 Å². The monoisotopic (exact) mass is 249 g/mol. The molecule has 1 unspecified atom stereocenters. The molecular formula is C15H20FNO. The Kier molecular flexibility index (Phi) is 6.42. The Morgan fingerprint density at radius 2 is 2.22 bits per heavy atom. The SMILES string of the molecule is CCCC(C)OCc1ccc(C#CCN)cc1F. The van der Waals surface area contributed by atoms with Gasteiger partial charge in [0.1, 0.15) is 5.82 Å². The molecule has 2 N–H and O–H groups in total. The Bertz CT molecular complexity index is 434. The molecule has 1 aromatic carbocycles. The average molecular weight is 249 g/mol. The summed E-state index contributed by atoms with van der Waals surface area (Å²) >= 11 is 0. The van der Waals surface area contributed by atoms with Crippen molar-refractivity contribution >= 4 is 0 Å². The molecule has 98 valence electrons. The summed E-state index contributed by atoms with van der Waals surface area (Å²) in [7, 11) is 0. The summed E-state index contributed by atoms with van der Waals surface area (Å²) in [6.07, 6.45) is 2.21. The van der Waals surface area contributed by atoms with Gasteiger partial charge in [-0.15, -0.1) is 0 Å². The first-order chi connectivity index (χ1) is 8.67. The molecule has 0 heterocycles. The van der Waals surface area contributed by atoms with Crippen LogP contribution in [0.4, 0.5) is 4.39 Å². The van der Waals surface area contributed by atoms with Crippen molar-refractivity contribution in [1.29, 1.82) is 0 Å². The van der Waals surface area contributed by atoms with Crippen molar-refractivity contribution < 1.29 is 9.13 Å². The highest BCUT2D eigenvalue weighted by atomic mass is 19.1. The summed E-state index contributed by atoms with van der Waals surface area (Å²) in [4.78, 5) is 0. The smallest absolute Gasteiger partial charge is 0.129 e. The number of rotatable bonds is 5. The second-order valence-corrected chi connectivity index (χ2v) is 4.22. The zero-order valence-corrected chi connectivity index (χ0v) is 11.0. The van der Waals surface area contributed by atoms with Crippen LogP contribution in [0.1, 0.15) is 37.8 Å². The Morgan fingerprint density at radius 3 is 2.83 bits per heavy atom. The molecule has 0 saturated heterocycles. The standard InChI is InChI=1S/C15H20FNO/c1-3-5-12(2)18-11-14-8-7-13(6-4-9-17)10-15(14)16/h7-8,10,12H,3,5,9,11,17H2,1-2H3. The minimum Gasteiger partial charge on any atom is -0.374 e. The van der Waals surface area contributed by atoms with Crippen molar-refractivity contribution in [1.82, 2.24) is 0 Å². The summed E-state index contributed by atoms with van der Waals surface area (Å²) in [6, 6.07) is 4.93. The van der Waals surface area contributed by atoms with E-state index in [1.165, 1.54) is 6.07 Å². The van der Waals surface area contributed by atoms with Gasteiger partial charge >= 0.3 is 0 Å². The number of hydrogen-bond donors (Lipinski definition) is 1. The molecular weight excluding hydrogens is 229 g/mol. The summed E-state index contributed by atoms with van der Waals surface area (Å²) in [5, 5.41) is 0. The highest BCUT2D eigenvalue weighted by molar-refractivity contribution is 5.37. The van der Waals surface area contributed by atoms with E-state index in [-0.39, 0.29) is 18.5 Å². The largest absolute Gasteiger partial charge is 0.374 e. The lowest BCUT2D eigenvalue weighted by Crippen LogP contribution is -2.08. The van der Waals surface area contributed by atoms with Crippen LogP contribution in [0, 0.1) is 17.7 Å². The molecule has 0 aliphatic carbocycles. The van der Waals surface area contributed by atoms with E-state index in [2.05, 4.69) is 18.8 Å². The predicted octanol–water partition coefficient (Wildman–Crippen LogP) is 2.84. The van der Waals surface area contributed by atoms with E-state index < -0.39 is 0 Å². The van der Waals surface area contributed by atoms with Crippen LogP contribution in [0.5, 0.6) is 0 Å². The van der Waals surface area contributed by atoms with Crippen LogP contribution in [0.15, 0.2) is 18.2 Å². The van der Waals surface area contributed by atoms with Crippen LogP contribution in [0.3, 0.4) is 0 Å². The van der Waals surface area contributed by atoms with Crippen molar-refractivity contribution in [3.05, 3.63) is 35.1 Å². The van der Waals surface area contributed by atoms with Crippen LogP contribution in [-0.4, -0.2) is 12.6 Å². The van der Waals surface area contributed by atoms with Gasteiger partial charge in [0.2, 0.25) is 0 Å². The first-order valence-electron chi connectivity index (χ1n) is 6.26. The minimum absolute atomic E-state index is 0.158. The van der Waals surface area contributed by atoms with Gasteiger partial charge in [-0.2, -0.15) is 0 Å². The average Bonchev–Trinajstić information content (AvgIpc) is 2.35. The summed E-state index contributed by atoms with van der Waals surface area (Å²) in [5.41, 5.74) is 6.47. The van der Waals surface area contributed by atoms with Crippen LogP contribution >= 0.6 is 0 Å². The van der Waals surface area contributed by atoms with Crippen molar-refractivity contribution in [3.63, 3.8) is 0 Å². The lowest BCUT2D eigenvalue weighted by Gasteiger charge is -2.12. The molecule has 0 aliphatic heterocycles. The maximum absolute atomic E-state index is 13.7. The van der Waals surface area contributed by atoms with Gasteiger partial charge in [0, 0.05) is 11.1 Å². The number of ether oxygens (including phenoxy) is 1. The van der Waals surface area contributed by atoms with Crippen LogP contribution in [-0.2, 0) is 11.3 Å². The van der Waals surface area contributed by atoms with E-state index in [0.717, 1.165) is 12.8 Å². The fourth-order valence-electron chi connectivity index (χ4n) is 1.62. The lowest BCUT2D eigenvalue weighted by molar-refractivity contribution is 0.0456. The molecule has 0 bridgehead atoms. The Balaban J connectivity index is 2.62. The molecule has 0 aromatic heterocycles. The van der Waals surface area contributed by atoms with Crippen molar-refractivity contribution in [2.75, 3.05) is 6.54 Å². The second-order valence-electron chi connectivity index (χ2n) is 4.22. The molecule has 1 aromatic rings. The fourth-order valence-corrected chi connectivity index (χ4v) is 1.62. The first kappa shape index (κ1) is 14.7. The maximum atomic E-state index is 13.7. The lowest BCUT2D eigenvalue weighted by atomic mass is 10.1. The Labute approximate surface area is 108 Å². The van der Waals surface area contributed by atoms with Crippen LogP contribution < -0.4 is 5.73 Å². The van der Waals surface area contributed by atoms with Crippen LogP contribution in [0.25, 0.3) is 0 Å². The normalized spacial score (nSPS) is 11.8. The van der Waals surface area contributed by atoms with Gasteiger partial charge in [0.05, 0.1) is 19.3 Å². The predicted molar refractivity (Wildman–Crippen MR) is 71.5 cm³/mol.